The van der Waals surface area contributed by atoms with Crippen molar-refractivity contribution in [2.45, 2.75) is 57.1 Å². The predicted molar refractivity (Wildman–Crippen MR) is 84.0 cm³/mol. The molecule has 4 heteroatoms. The molecule has 0 aromatic carbocycles. The van der Waals surface area contributed by atoms with E-state index >= 15 is 0 Å². The van der Waals surface area contributed by atoms with E-state index < -0.39 is 0 Å². The second kappa shape index (κ2) is 7.74. The first-order valence-corrected chi connectivity index (χ1v) is 8.45. The van der Waals surface area contributed by atoms with E-state index in [2.05, 4.69) is 23.8 Å². The number of nitrogens with two attached hydrogens (primary N) is 1. The first kappa shape index (κ1) is 16.2. The molecule has 2 fully saturated rings. The summed E-state index contributed by atoms with van der Waals surface area (Å²) >= 11 is 0. The van der Waals surface area contributed by atoms with Crippen LogP contribution >= 0.6 is 0 Å². The summed E-state index contributed by atoms with van der Waals surface area (Å²) in [5, 5.41) is 0. The maximum atomic E-state index is 6.23. The summed E-state index contributed by atoms with van der Waals surface area (Å²) in [5.74, 6) is 0. The summed E-state index contributed by atoms with van der Waals surface area (Å²) in [4.78, 5) is 5.11. The Morgan fingerprint density at radius 1 is 1.20 bits per heavy atom. The van der Waals surface area contributed by atoms with Crippen molar-refractivity contribution in [1.82, 2.24) is 9.80 Å². The van der Waals surface area contributed by atoms with Crippen molar-refractivity contribution in [1.29, 1.82) is 0 Å². The van der Waals surface area contributed by atoms with E-state index in [1.165, 1.54) is 51.7 Å². The van der Waals surface area contributed by atoms with Gasteiger partial charge in [0.25, 0.3) is 0 Å². The zero-order valence-electron chi connectivity index (χ0n) is 13.4. The number of piperidine rings is 1. The molecule has 2 unspecified atom stereocenters. The SMILES string of the molecule is CCCOC1CCCN(C2(CN)CCCN(C)CC2)C1. The molecule has 0 amide bonds. The minimum atomic E-state index is 0.221. The zero-order valence-corrected chi connectivity index (χ0v) is 13.4. The molecule has 0 radical (unpaired) electrons. The standard InChI is InChI=1S/C16H33N3O/c1-3-12-20-15-6-4-10-19(13-15)16(14-17)7-5-9-18(2)11-8-16/h15H,3-14,17H2,1-2H3. The smallest absolute Gasteiger partial charge is 0.0702 e. The van der Waals surface area contributed by atoms with Gasteiger partial charge in [-0.1, -0.05) is 6.92 Å². The number of hydrogen-bond donors (Lipinski definition) is 1. The molecule has 2 heterocycles. The summed E-state index contributed by atoms with van der Waals surface area (Å²) < 4.78 is 6.00. The Kier molecular flexibility index (Phi) is 6.27. The first-order valence-electron chi connectivity index (χ1n) is 8.45. The van der Waals surface area contributed by atoms with E-state index in [1.54, 1.807) is 0 Å². The van der Waals surface area contributed by atoms with Crippen LogP contribution in [0, 0.1) is 0 Å². The van der Waals surface area contributed by atoms with Gasteiger partial charge in [-0.05, 0) is 65.2 Å². The van der Waals surface area contributed by atoms with Gasteiger partial charge in [0.15, 0.2) is 0 Å². The van der Waals surface area contributed by atoms with E-state index in [4.69, 9.17) is 10.5 Å². The number of rotatable bonds is 5. The molecule has 0 aromatic heterocycles. The van der Waals surface area contributed by atoms with Crippen LogP contribution in [0.5, 0.6) is 0 Å². The third-order valence-corrected chi connectivity index (χ3v) is 5.13. The van der Waals surface area contributed by atoms with Gasteiger partial charge in [-0.2, -0.15) is 0 Å². The molecule has 0 aromatic rings. The highest BCUT2D eigenvalue weighted by Crippen LogP contribution is 2.31. The molecule has 0 bridgehead atoms. The van der Waals surface area contributed by atoms with Gasteiger partial charge in [0.1, 0.15) is 0 Å². The van der Waals surface area contributed by atoms with Crippen molar-refractivity contribution in [2.75, 3.05) is 46.4 Å². The summed E-state index contributed by atoms with van der Waals surface area (Å²) in [6.07, 6.45) is 7.74. The Hall–Kier alpha value is -0.160. The largest absolute Gasteiger partial charge is 0.377 e. The lowest BCUT2D eigenvalue weighted by Crippen LogP contribution is -2.58. The lowest BCUT2D eigenvalue weighted by Gasteiger charge is -2.47. The van der Waals surface area contributed by atoms with Crippen LogP contribution in [-0.2, 0) is 4.74 Å². The molecule has 0 aliphatic carbocycles. The molecule has 4 nitrogen and oxygen atoms in total. The highest BCUT2D eigenvalue weighted by molar-refractivity contribution is 4.96. The Balaban J connectivity index is 1.98. The molecule has 0 spiro atoms. The maximum Gasteiger partial charge on any atom is 0.0702 e. The fourth-order valence-electron chi connectivity index (χ4n) is 3.75. The van der Waals surface area contributed by atoms with Gasteiger partial charge >= 0.3 is 0 Å². The van der Waals surface area contributed by atoms with Crippen molar-refractivity contribution in [3.8, 4) is 0 Å². The van der Waals surface area contributed by atoms with Crippen LogP contribution in [0.3, 0.4) is 0 Å². The van der Waals surface area contributed by atoms with Gasteiger partial charge in [-0.3, -0.25) is 4.90 Å². The molecule has 2 aliphatic heterocycles. The monoisotopic (exact) mass is 283 g/mol. The quantitative estimate of drug-likeness (QED) is 0.834. The average Bonchev–Trinajstić information content (AvgIpc) is 2.68. The number of nitrogens with zero attached hydrogens (tertiary/aromatic N) is 2. The summed E-state index contributed by atoms with van der Waals surface area (Å²) in [5.41, 5.74) is 6.45. The lowest BCUT2D eigenvalue weighted by atomic mass is 9.86. The van der Waals surface area contributed by atoms with E-state index in [1.807, 2.05) is 0 Å². The molecule has 2 aliphatic rings. The van der Waals surface area contributed by atoms with Crippen LogP contribution in [0.25, 0.3) is 0 Å². The minimum Gasteiger partial charge on any atom is -0.377 e. The van der Waals surface area contributed by atoms with Crippen molar-refractivity contribution in [3.05, 3.63) is 0 Å². The second-order valence-corrected chi connectivity index (χ2v) is 6.67. The van der Waals surface area contributed by atoms with Crippen LogP contribution in [0.15, 0.2) is 0 Å². The van der Waals surface area contributed by atoms with E-state index in [0.29, 0.717) is 6.10 Å². The van der Waals surface area contributed by atoms with Crippen LogP contribution in [0.1, 0.15) is 45.4 Å². The first-order chi connectivity index (χ1) is 9.70. The molecule has 118 valence electrons. The number of hydrogen-bond acceptors (Lipinski definition) is 4. The Morgan fingerprint density at radius 3 is 2.80 bits per heavy atom. The highest BCUT2D eigenvalue weighted by atomic mass is 16.5. The third-order valence-electron chi connectivity index (χ3n) is 5.13. The Morgan fingerprint density at radius 2 is 2.05 bits per heavy atom. The second-order valence-electron chi connectivity index (χ2n) is 6.67. The van der Waals surface area contributed by atoms with Crippen LogP contribution in [0.2, 0.25) is 0 Å². The van der Waals surface area contributed by atoms with Gasteiger partial charge in [0.05, 0.1) is 6.10 Å². The van der Waals surface area contributed by atoms with E-state index in [9.17, 15) is 0 Å². The van der Waals surface area contributed by atoms with Crippen LogP contribution in [0.4, 0.5) is 0 Å². The Labute approximate surface area is 124 Å². The summed E-state index contributed by atoms with van der Waals surface area (Å²) in [6, 6.07) is 0. The molecule has 2 saturated heterocycles. The van der Waals surface area contributed by atoms with Gasteiger partial charge < -0.3 is 15.4 Å². The maximum absolute atomic E-state index is 6.23. The number of likely N-dealkylation sites (tertiary alicyclic amines) is 2. The zero-order chi connectivity index (χ0) is 14.4. The predicted octanol–water partition coefficient (Wildman–Crippen LogP) is 1.69. The third kappa shape index (κ3) is 3.94. The molecular weight excluding hydrogens is 250 g/mol. The molecule has 2 atom stereocenters. The minimum absolute atomic E-state index is 0.221. The summed E-state index contributed by atoms with van der Waals surface area (Å²) in [7, 11) is 2.23. The average molecular weight is 283 g/mol. The molecular formula is C16H33N3O. The Bertz CT molecular complexity index is 287. The van der Waals surface area contributed by atoms with Gasteiger partial charge in [0, 0.05) is 25.2 Å². The van der Waals surface area contributed by atoms with Crippen molar-refractivity contribution in [2.24, 2.45) is 5.73 Å². The van der Waals surface area contributed by atoms with Gasteiger partial charge in [-0.15, -0.1) is 0 Å². The van der Waals surface area contributed by atoms with Crippen LogP contribution in [-0.4, -0.2) is 67.8 Å². The van der Waals surface area contributed by atoms with Crippen LogP contribution < -0.4 is 5.73 Å². The topological polar surface area (TPSA) is 41.7 Å². The summed E-state index contributed by atoms with van der Waals surface area (Å²) in [6.45, 7) is 8.55. The van der Waals surface area contributed by atoms with E-state index in [0.717, 1.165) is 26.1 Å². The lowest BCUT2D eigenvalue weighted by molar-refractivity contribution is -0.0403. The van der Waals surface area contributed by atoms with Crippen molar-refractivity contribution < 1.29 is 4.74 Å². The molecule has 2 N–H and O–H groups in total. The molecule has 2 rings (SSSR count). The van der Waals surface area contributed by atoms with E-state index in [-0.39, 0.29) is 5.54 Å². The molecule has 0 saturated carbocycles. The highest BCUT2D eigenvalue weighted by Gasteiger charge is 2.39. The van der Waals surface area contributed by atoms with Crippen molar-refractivity contribution >= 4 is 0 Å². The van der Waals surface area contributed by atoms with Gasteiger partial charge in [-0.25, -0.2) is 0 Å². The molecule has 20 heavy (non-hydrogen) atoms. The normalized spacial score (nSPS) is 34.0. The van der Waals surface area contributed by atoms with Crippen molar-refractivity contribution in [3.63, 3.8) is 0 Å². The fraction of sp³-hybridized carbons (Fsp3) is 1.00. The number of ether oxygens (including phenoxy) is 1. The fourth-order valence-corrected chi connectivity index (χ4v) is 3.75. The van der Waals surface area contributed by atoms with Gasteiger partial charge in [0.2, 0.25) is 0 Å².